The lowest BCUT2D eigenvalue weighted by Crippen LogP contribution is -2.33. The quantitative estimate of drug-likeness (QED) is 0.848. The molecule has 0 bridgehead atoms. The molecule has 0 saturated heterocycles. The predicted octanol–water partition coefficient (Wildman–Crippen LogP) is 2.42. The Morgan fingerprint density at radius 1 is 1.24 bits per heavy atom. The third-order valence-corrected chi connectivity index (χ3v) is 3.44. The lowest BCUT2D eigenvalue weighted by atomic mass is 9.82. The number of benzene rings is 1. The molecule has 1 saturated carbocycles. The zero-order valence-corrected chi connectivity index (χ0v) is 9.63. The van der Waals surface area contributed by atoms with E-state index in [-0.39, 0.29) is 6.10 Å². The number of aromatic nitrogens is 1. The van der Waals surface area contributed by atoms with Crippen molar-refractivity contribution in [3.8, 4) is 0 Å². The monoisotopic (exact) mass is 228 g/mol. The number of pyridine rings is 1. The number of aliphatic hydroxyl groups excluding tert-OH is 1. The second kappa shape index (κ2) is 4.34. The van der Waals surface area contributed by atoms with Crippen molar-refractivity contribution in [1.82, 2.24) is 4.98 Å². The largest absolute Gasteiger partial charge is 0.393 e. The van der Waals surface area contributed by atoms with E-state index < -0.39 is 0 Å². The first-order valence-corrected chi connectivity index (χ1v) is 6.08. The Morgan fingerprint density at radius 2 is 2.06 bits per heavy atom. The van der Waals surface area contributed by atoms with Gasteiger partial charge in [-0.1, -0.05) is 24.3 Å². The van der Waals surface area contributed by atoms with Gasteiger partial charge in [0.25, 0.3) is 0 Å². The first-order valence-electron chi connectivity index (χ1n) is 6.08. The Kier molecular flexibility index (Phi) is 2.69. The maximum Gasteiger partial charge on any atom is 0.133 e. The zero-order chi connectivity index (χ0) is 11.7. The lowest BCUT2D eigenvalue weighted by molar-refractivity contribution is 0.0487. The number of anilines is 1. The van der Waals surface area contributed by atoms with E-state index in [0.29, 0.717) is 5.92 Å². The number of nitrogens with zero attached hydrogens (tertiary/aromatic N) is 1. The molecule has 1 heterocycles. The molecular formula is C14H16N2O. The van der Waals surface area contributed by atoms with Gasteiger partial charge in [-0.3, -0.25) is 0 Å². The number of hydrogen-bond donors (Lipinski definition) is 2. The summed E-state index contributed by atoms with van der Waals surface area (Å²) in [6.45, 7) is 0.901. The molecule has 3 rings (SSSR count). The summed E-state index contributed by atoms with van der Waals surface area (Å²) in [5.41, 5.74) is 0. The van der Waals surface area contributed by atoms with Crippen molar-refractivity contribution in [2.24, 2.45) is 5.92 Å². The number of nitrogens with one attached hydrogen (secondary N) is 1. The molecule has 3 heteroatoms. The highest BCUT2D eigenvalue weighted by molar-refractivity contribution is 5.91. The molecule has 1 aliphatic rings. The number of aliphatic hydroxyl groups is 1. The van der Waals surface area contributed by atoms with Crippen LogP contribution in [0, 0.1) is 5.92 Å². The molecule has 17 heavy (non-hydrogen) atoms. The molecule has 1 aromatic heterocycles. The summed E-state index contributed by atoms with van der Waals surface area (Å²) in [4.78, 5) is 4.38. The van der Waals surface area contributed by atoms with Crippen LogP contribution >= 0.6 is 0 Å². The SMILES string of the molecule is OC1CC(CNc2nccc3ccccc23)C1. The molecule has 0 amide bonds. The van der Waals surface area contributed by atoms with Gasteiger partial charge < -0.3 is 10.4 Å². The van der Waals surface area contributed by atoms with E-state index >= 15 is 0 Å². The van der Waals surface area contributed by atoms with E-state index in [1.807, 2.05) is 24.4 Å². The molecule has 0 radical (unpaired) electrons. The van der Waals surface area contributed by atoms with Crippen molar-refractivity contribution in [1.29, 1.82) is 0 Å². The van der Waals surface area contributed by atoms with Crippen LogP contribution in [0.4, 0.5) is 5.82 Å². The molecule has 1 fully saturated rings. The number of rotatable bonds is 3. The average molecular weight is 228 g/mol. The van der Waals surface area contributed by atoms with E-state index in [0.717, 1.165) is 30.6 Å². The third-order valence-electron chi connectivity index (χ3n) is 3.44. The van der Waals surface area contributed by atoms with Crippen LogP contribution in [0.5, 0.6) is 0 Å². The zero-order valence-electron chi connectivity index (χ0n) is 9.63. The minimum Gasteiger partial charge on any atom is -0.393 e. The Labute approximate surface area is 100 Å². The van der Waals surface area contributed by atoms with Crippen molar-refractivity contribution in [2.75, 3.05) is 11.9 Å². The van der Waals surface area contributed by atoms with Gasteiger partial charge in [0.05, 0.1) is 6.10 Å². The molecule has 2 N–H and O–H groups in total. The van der Waals surface area contributed by atoms with Gasteiger partial charge in [-0.25, -0.2) is 4.98 Å². The minimum atomic E-state index is -0.0812. The van der Waals surface area contributed by atoms with Crippen LogP contribution in [0.2, 0.25) is 0 Å². The second-order valence-corrected chi connectivity index (χ2v) is 4.75. The highest BCUT2D eigenvalue weighted by Crippen LogP contribution is 2.28. The van der Waals surface area contributed by atoms with Crippen LogP contribution in [0.3, 0.4) is 0 Å². The first-order chi connectivity index (χ1) is 8.33. The van der Waals surface area contributed by atoms with Crippen molar-refractivity contribution in [3.05, 3.63) is 36.5 Å². The summed E-state index contributed by atoms with van der Waals surface area (Å²) >= 11 is 0. The first kappa shape index (κ1) is 10.5. The molecular weight excluding hydrogens is 212 g/mol. The highest BCUT2D eigenvalue weighted by atomic mass is 16.3. The summed E-state index contributed by atoms with van der Waals surface area (Å²) in [6.07, 6.45) is 3.58. The van der Waals surface area contributed by atoms with Crippen LogP contribution in [-0.4, -0.2) is 22.7 Å². The van der Waals surface area contributed by atoms with Crippen molar-refractivity contribution < 1.29 is 5.11 Å². The van der Waals surface area contributed by atoms with Gasteiger partial charge in [-0.2, -0.15) is 0 Å². The smallest absolute Gasteiger partial charge is 0.133 e. The Bertz CT molecular complexity index is 515. The van der Waals surface area contributed by atoms with Gasteiger partial charge in [0.1, 0.15) is 5.82 Å². The maximum atomic E-state index is 9.24. The topological polar surface area (TPSA) is 45.1 Å². The van der Waals surface area contributed by atoms with Crippen LogP contribution < -0.4 is 5.32 Å². The fourth-order valence-electron chi connectivity index (χ4n) is 2.37. The summed E-state index contributed by atoms with van der Waals surface area (Å²) in [6, 6.07) is 10.3. The minimum absolute atomic E-state index is 0.0812. The van der Waals surface area contributed by atoms with Gasteiger partial charge in [0, 0.05) is 18.1 Å². The van der Waals surface area contributed by atoms with E-state index in [9.17, 15) is 5.11 Å². The van der Waals surface area contributed by atoms with Crippen molar-refractivity contribution in [3.63, 3.8) is 0 Å². The van der Waals surface area contributed by atoms with Gasteiger partial charge >= 0.3 is 0 Å². The Hall–Kier alpha value is -1.61. The molecule has 1 aromatic carbocycles. The van der Waals surface area contributed by atoms with Crippen LogP contribution in [0.25, 0.3) is 10.8 Å². The normalized spacial score (nSPS) is 23.4. The number of hydrogen-bond acceptors (Lipinski definition) is 3. The molecule has 2 aromatic rings. The van der Waals surface area contributed by atoms with Gasteiger partial charge in [-0.15, -0.1) is 0 Å². The van der Waals surface area contributed by atoms with E-state index in [1.165, 1.54) is 5.39 Å². The maximum absolute atomic E-state index is 9.24. The molecule has 1 aliphatic carbocycles. The molecule has 0 spiro atoms. The van der Waals surface area contributed by atoms with E-state index in [4.69, 9.17) is 0 Å². The molecule has 3 nitrogen and oxygen atoms in total. The average Bonchev–Trinajstić information content (AvgIpc) is 2.33. The molecule has 0 aliphatic heterocycles. The van der Waals surface area contributed by atoms with Crippen molar-refractivity contribution >= 4 is 16.6 Å². The van der Waals surface area contributed by atoms with Gasteiger partial charge in [0.2, 0.25) is 0 Å². The third kappa shape index (κ3) is 2.11. The Balaban J connectivity index is 1.76. The number of fused-ring (bicyclic) bond motifs is 1. The summed E-state index contributed by atoms with van der Waals surface area (Å²) in [5, 5.41) is 15.0. The standard InChI is InChI=1S/C14H16N2O/c17-12-7-10(8-12)9-16-14-13-4-2-1-3-11(13)5-6-15-14/h1-6,10,12,17H,7-9H2,(H,15,16). The van der Waals surface area contributed by atoms with E-state index in [2.05, 4.69) is 22.4 Å². The molecule has 88 valence electrons. The summed E-state index contributed by atoms with van der Waals surface area (Å²) < 4.78 is 0. The molecule has 0 unspecified atom stereocenters. The van der Waals surface area contributed by atoms with Gasteiger partial charge in [0.15, 0.2) is 0 Å². The van der Waals surface area contributed by atoms with Crippen molar-refractivity contribution in [2.45, 2.75) is 18.9 Å². The van der Waals surface area contributed by atoms with E-state index in [1.54, 1.807) is 0 Å². The van der Waals surface area contributed by atoms with Crippen LogP contribution in [-0.2, 0) is 0 Å². The van der Waals surface area contributed by atoms with Gasteiger partial charge in [-0.05, 0) is 30.2 Å². The predicted molar refractivity (Wildman–Crippen MR) is 69.0 cm³/mol. The summed E-state index contributed by atoms with van der Waals surface area (Å²) in [5.74, 6) is 1.54. The Morgan fingerprint density at radius 3 is 2.88 bits per heavy atom. The molecule has 0 atom stereocenters. The second-order valence-electron chi connectivity index (χ2n) is 4.75. The fraction of sp³-hybridized carbons (Fsp3) is 0.357. The van der Waals surface area contributed by atoms with Crippen LogP contribution in [0.1, 0.15) is 12.8 Å². The summed E-state index contributed by atoms with van der Waals surface area (Å²) in [7, 11) is 0. The van der Waals surface area contributed by atoms with Crippen LogP contribution in [0.15, 0.2) is 36.5 Å². The fourth-order valence-corrected chi connectivity index (χ4v) is 2.37. The lowest BCUT2D eigenvalue weighted by Gasteiger charge is -2.31. The highest BCUT2D eigenvalue weighted by Gasteiger charge is 2.26.